The highest BCUT2D eigenvalue weighted by Gasteiger charge is 2.21. The monoisotopic (exact) mass is 264 g/mol. The molecule has 2 N–H and O–H groups in total. The Hall–Kier alpha value is -2.18. The number of nitrogens with one attached hydrogen (secondary N) is 1. The molecule has 1 aromatic rings. The zero-order valence-electron chi connectivity index (χ0n) is 10.7. The number of carboxylic acid groups (broad SMARTS) is 1. The van der Waals surface area contributed by atoms with E-state index < -0.39 is 5.97 Å². The lowest BCUT2D eigenvalue weighted by atomic mass is 10.1. The lowest BCUT2D eigenvalue weighted by Gasteiger charge is -2.31. The molecule has 0 bridgehead atoms. The van der Waals surface area contributed by atoms with Crippen LogP contribution in [0, 0.1) is 0 Å². The largest absolute Gasteiger partial charge is 0.477 e. The molecule has 19 heavy (non-hydrogen) atoms. The molecule has 0 atom stereocenters. The van der Waals surface area contributed by atoms with Crippen LogP contribution in [-0.2, 0) is 4.79 Å². The predicted molar refractivity (Wildman–Crippen MR) is 67.9 cm³/mol. The molecule has 7 nitrogen and oxygen atoms in total. The Labute approximate surface area is 110 Å². The number of likely N-dealkylation sites (tertiary alicyclic amines) is 1. The van der Waals surface area contributed by atoms with E-state index in [4.69, 9.17) is 5.11 Å². The van der Waals surface area contributed by atoms with Crippen LogP contribution < -0.4 is 5.32 Å². The highest BCUT2D eigenvalue weighted by atomic mass is 16.4. The zero-order valence-corrected chi connectivity index (χ0v) is 10.7. The van der Waals surface area contributed by atoms with E-state index in [2.05, 4.69) is 15.3 Å². The van der Waals surface area contributed by atoms with Gasteiger partial charge in [0.25, 0.3) is 0 Å². The van der Waals surface area contributed by atoms with Crippen molar-refractivity contribution < 1.29 is 14.7 Å². The lowest BCUT2D eigenvalue weighted by molar-refractivity contribution is -0.129. The lowest BCUT2D eigenvalue weighted by Crippen LogP contribution is -2.41. The molecule has 0 aliphatic carbocycles. The molecule has 0 aromatic carbocycles. The highest BCUT2D eigenvalue weighted by Crippen LogP contribution is 2.15. The van der Waals surface area contributed by atoms with Gasteiger partial charge in [-0.1, -0.05) is 0 Å². The van der Waals surface area contributed by atoms with Gasteiger partial charge in [0.05, 0.1) is 0 Å². The molecule has 1 aromatic heterocycles. The Morgan fingerprint density at radius 1 is 1.37 bits per heavy atom. The minimum atomic E-state index is -1.07. The summed E-state index contributed by atoms with van der Waals surface area (Å²) >= 11 is 0. The van der Waals surface area contributed by atoms with Gasteiger partial charge in [-0.2, -0.15) is 0 Å². The molecule has 1 fully saturated rings. The van der Waals surface area contributed by atoms with Crippen molar-refractivity contribution in [3.8, 4) is 0 Å². The second-order valence-corrected chi connectivity index (χ2v) is 4.52. The van der Waals surface area contributed by atoms with Gasteiger partial charge in [-0.15, -0.1) is 0 Å². The van der Waals surface area contributed by atoms with Gasteiger partial charge in [0.1, 0.15) is 12.1 Å². The van der Waals surface area contributed by atoms with Crippen LogP contribution in [0.15, 0.2) is 12.4 Å². The van der Waals surface area contributed by atoms with Crippen molar-refractivity contribution in [3.63, 3.8) is 0 Å². The van der Waals surface area contributed by atoms with Crippen LogP contribution in [0.5, 0.6) is 0 Å². The first-order valence-electron chi connectivity index (χ1n) is 6.13. The Morgan fingerprint density at radius 2 is 2.05 bits per heavy atom. The maximum Gasteiger partial charge on any atom is 0.354 e. The van der Waals surface area contributed by atoms with Crippen molar-refractivity contribution in [2.45, 2.75) is 25.8 Å². The summed E-state index contributed by atoms with van der Waals surface area (Å²) in [5.74, 6) is -0.473. The van der Waals surface area contributed by atoms with Crippen LogP contribution in [0.1, 0.15) is 30.3 Å². The average molecular weight is 264 g/mol. The summed E-state index contributed by atoms with van der Waals surface area (Å²) in [5, 5.41) is 12.0. The van der Waals surface area contributed by atoms with Gasteiger partial charge in [-0.25, -0.2) is 14.8 Å². The Bertz CT molecular complexity index is 484. The number of rotatable bonds is 3. The maximum atomic E-state index is 11.2. The molecule has 0 radical (unpaired) electrons. The van der Waals surface area contributed by atoms with Gasteiger partial charge in [0.15, 0.2) is 5.69 Å². The quantitative estimate of drug-likeness (QED) is 0.830. The fourth-order valence-electron chi connectivity index (χ4n) is 2.10. The number of carbonyl (C=O) groups excluding carboxylic acids is 1. The van der Waals surface area contributed by atoms with Crippen LogP contribution in [-0.4, -0.2) is 51.0 Å². The van der Waals surface area contributed by atoms with Gasteiger partial charge in [-0.3, -0.25) is 4.79 Å². The van der Waals surface area contributed by atoms with Crippen molar-refractivity contribution in [2.24, 2.45) is 0 Å². The third-order valence-electron chi connectivity index (χ3n) is 3.18. The summed E-state index contributed by atoms with van der Waals surface area (Å²) < 4.78 is 0. The standard InChI is InChI=1S/C12H16N4O3/c1-8(17)16-4-2-9(3-5-16)15-11-6-10(12(18)19)13-7-14-11/h6-7,9H,2-5H2,1H3,(H,18,19)(H,13,14,15). The van der Waals surface area contributed by atoms with E-state index in [1.807, 2.05) is 0 Å². The van der Waals surface area contributed by atoms with E-state index in [0.29, 0.717) is 18.9 Å². The molecular weight excluding hydrogens is 248 g/mol. The molecule has 1 amide bonds. The van der Waals surface area contributed by atoms with Crippen molar-refractivity contribution in [1.29, 1.82) is 0 Å². The molecule has 0 spiro atoms. The summed E-state index contributed by atoms with van der Waals surface area (Å²) in [5.41, 5.74) is -0.0290. The molecule has 1 aliphatic heterocycles. The van der Waals surface area contributed by atoms with E-state index in [-0.39, 0.29) is 17.6 Å². The minimum absolute atomic E-state index is 0.0290. The van der Waals surface area contributed by atoms with Gasteiger partial charge in [0, 0.05) is 32.1 Å². The number of carboxylic acids is 1. The SMILES string of the molecule is CC(=O)N1CCC(Nc2cc(C(=O)O)ncn2)CC1. The second kappa shape index (κ2) is 5.64. The van der Waals surface area contributed by atoms with Crippen LogP contribution in [0.2, 0.25) is 0 Å². The Kier molecular flexibility index (Phi) is 3.94. The summed E-state index contributed by atoms with van der Waals surface area (Å²) in [7, 11) is 0. The number of amides is 1. The number of hydrogen-bond donors (Lipinski definition) is 2. The average Bonchev–Trinajstić information content (AvgIpc) is 2.39. The van der Waals surface area contributed by atoms with E-state index in [1.54, 1.807) is 11.8 Å². The predicted octanol–water partition coefficient (Wildman–Crippen LogP) is 0.598. The first kappa shape index (κ1) is 13.3. The van der Waals surface area contributed by atoms with Crippen molar-refractivity contribution >= 4 is 17.7 Å². The van der Waals surface area contributed by atoms with Crippen LogP contribution in [0.3, 0.4) is 0 Å². The topological polar surface area (TPSA) is 95.4 Å². The zero-order chi connectivity index (χ0) is 13.8. The molecular formula is C12H16N4O3. The fourth-order valence-corrected chi connectivity index (χ4v) is 2.10. The van der Waals surface area contributed by atoms with Crippen LogP contribution >= 0.6 is 0 Å². The van der Waals surface area contributed by atoms with E-state index in [0.717, 1.165) is 12.8 Å². The molecule has 0 saturated carbocycles. The normalized spacial score (nSPS) is 16.2. The van der Waals surface area contributed by atoms with Gasteiger partial charge in [-0.05, 0) is 12.8 Å². The van der Waals surface area contributed by atoms with E-state index in [1.165, 1.54) is 12.4 Å². The van der Waals surface area contributed by atoms with Crippen molar-refractivity contribution in [2.75, 3.05) is 18.4 Å². The second-order valence-electron chi connectivity index (χ2n) is 4.52. The van der Waals surface area contributed by atoms with E-state index in [9.17, 15) is 9.59 Å². The summed E-state index contributed by atoms with van der Waals surface area (Å²) in [4.78, 5) is 31.5. The van der Waals surface area contributed by atoms with Crippen LogP contribution in [0.4, 0.5) is 5.82 Å². The molecule has 1 saturated heterocycles. The summed E-state index contributed by atoms with van der Waals surface area (Å²) in [6.07, 6.45) is 2.88. The third-order valence-corrected chi connectivity index (χ3v) is 3.18. The molecule has 1 aliphatic rings. The molecule has 102 valence electrons. The molecule has 0 unspecified atom stereocenters. The van der Waals surface area contributed by atoms with Gasteiger partial charge in [0.2, 0.25) is 5.91 Å². The van der Waals surface area contributed by atoms with Crippen molar-refractivity contribution in [3.05, 3.63) is 18.1 Å². The fraction of sp³-hybridized carbons (Fsp3) is 0.500. The Morgan fingerprint density at radius 3 is 2.63 bits per heavy atom. The number of anilines is 1. The highest BCUT2D eigenvalue weighted by molar-refractivity contribution is 5.86. The first-order chi connectivity index (χ1) is 9.06. The number of carbonyl (C=O) groups is 2. The minimum Gasteiger partial charge on any atom is -0.477 e. The smallest absolute Gasteiger partial charge is 0.354 e. The number of aromatic nitrogens is 2. The first-order valence-corrected chi connectivity index (χ1v) is 6.13. The molecule has 7 heteroatoms. The number of nitrogens with zero attached hydrogens (tertiary/aromatic N) is 3. The number of piperidine rings is 1. The van der Waals surface area contributed by atoms with Gasteiger partial charge < -0.3 is 15.3 Å². The Balaban J connectivity index is 1.94. The maximum absolute atomic E-state index is 11.2. The third kappa shape index (κ3) is 3.40. The van der Waals surface area contributed by atoms with Gasteiger partial charge >= 0.3 is 5.97 Å². The summed E-state index contributed by atoms with van der Waals surface area (Å²) in [6.45, 7) is 2.99. The van der Waals surface area contributed by atoms with E-state index >= 15 is 0 Å². The van der Waals surface area contributed by atoms with Crippen molar-refractivity contribution in [1.82, 2.24) is 14.9 Å². The number of hydrogen-bond acceptors (Lipinski definition) is 5. The number of aromatic carboxylic acids is 1. The van der Waals surface area contributed by atoms with Crippen LogP contribution in [0.25, 0.3) is 0 Å². The summed E-state index contributed by atoms with van der Waals surface area (Å²) in [6, 6.07) is 1.62. The molecule has 2 heterocycles. The molecule has 2 rings (SSSR count).